The van der Waals surface area contributed by atoms with Crippen LogP contribution in [0.3, 0.4) is 0 Å². The number of nitro benzene ring substituents is 1. The first-order valence-corrected chi connectivity index (χ1v) is 7.69. The number of hydrogen-bond donors (Lipinski definition) is 1. The van der Waals surface area contributed by atoms with Crippen molar-refractivity contribution in [2.75, 3.05) is 19.0 Å². The van der Waals surface area contributed by atoms with Gasteiger partial charge in [0.05, 0.1) is 22.7 Å². The van der Waals surface area contributed by atoms with Gasteiger partial charge >= 0.3 is 5.97 Å². The van der Waals surface area contributed by atoms with E-state index in [1.807, 2.05) is 0 Å². The Hall–Kier alpha value is -2.91. The molecule has 0 atom stereocenters. The molecule has 0 spiro atoms. The summed E-state index contributed by atoms with van der Waals surface area (Å²) in [4.78, 5) is 37.8. The van der Waals surface area contributed by atoms with Crippen molar-refractivity contribution in [1.29, 1.82) is 0 Å². The lowest BCUT2D eigenvalue weighted by molar-refractivity contribution is -0.384. The summed E-state index contributed by atoms with van der Waals surface area (Å²) < 4.78 is 9.84. The normalized spacial score (nSPS) is 10.1. The largest absolute Gasteiger partial charge is 0.495 e. The van der Waals surface area contributed by atoms with Crippen molar-refractivity contribution in [3.05, 3.63) is 56.3 Å². The van der Waals surface area contributed by atoms with E-state index in [9.17, 15) is 19.7 Å². The summed E-state index contributed by atoms with van der Waals surface area (Å²) in [5, 5.41) is 13.2. The minimum absolute atomic E-state index is 0.0140. The predicted molar refractivity (Wildman–Crippen MR) is 92.8 cm³/mol. The van der Waals surface area contributed by atoms with Gasteiger partial charge in [0.2, 0.25) is 0 Å². The molecular formula is C15H11Cl2N3O6. The van der Waals surface area contributed by atoms with Crippen LogP contribution in [0.15, 0.2) is 30.3 Å². The summed E-state index contributed by atoms with van der Waals surface area (Å²) in [5.74, 6) is -1.48. The Balaban J connectivity index is 2.05. The van der Waals surface area contributed by atoms with E-state index in [4.69, 9.17) is 32.7 Å². The number of rotatable bonds is 6. The fraction of sp³-hybridized carbons (Fsp3) is 0.133. The Morgan fingerprint density at radius 1 is 1.27 bits per heavy atom. The number of anilines is 1. The number of benzene rings is 1. The third kappa shape index (κ3) is 4.80. The molecule has 0 saturated carbocycles. The summed E-state index contributed by atoms with van der Waals surface area (Å²) in [7, 11) is 1.34. The summed E-state index contributed by atoms with van der Waals surface area (Å²) in [6.45, 7) is -0.671. The molecule has 2 aromatic rings. The van der Waals surface area contributed by atoms with Gasteiger partial charge in [-0.15, -0.1) is 0 Å². The Morgan fingerprint density at radius 3 is 2.65 bits per heavy atom. The average Bonchev–Trinajstić information content (AvgIpc) is 2.61. The zero-order valence-electron chi connectivity index (χ0n) is 13.2. The molecule has 0 saturated heterocycles. The molecule has 11 heteroatoms. The zero-order chi connectivity index (χ0) is 19.3. The number of carbonyl (C=O) groups is 2. The highest BCUT2D eigenvalue weighted by Crippen LogP contribution is 2.28. The highest BCUT2D eigenvalue weighted by molar-refractivity contribution is 6.34. The van der Waals surface area contributed by atoms with E-state index in [1.54, 1.807) is 0 Å². The third-order valence-electron chi connectivity index (χ3n) is 3.01. The Labute approximate surface area is 157 Å². The molecule has 2 rings (SSSR count). The van der Waals surface area contributed by atoms with Crippen LogP contribution in [0, 0.1) is 10.1 Å². The number of halogens is 2. The molecule has 0 bridgehead atoms. The number of nitrogens with one attached hydrogen (secondary N) is 1. The smallest absolute Gasteiger partial charge is 0.359 e. The maximum Gasteiger partial charge on any atom is 0.359 e. The fourth-order valence-electron chi connectivity index (χ4n) is 1.85. The Kier molecular flexibility index (Phi) is 6.31. The van der Waals surface area contributed by atoms with E-state index in [0.717, 1.165) is 6.07 Å². The van der Waals surface area contributed by atoms with Crippen LogP contribution in [0.25, 0.3) is 0 Å². The van der Waals surface area contributed by atoms with Crippen molar-refractivity contribution >= 4 is 46.5 Å². The molecule has 1 aromatic heterocycles. The standard InChI is InChI=1S/C15H11Cl2N3O6/c1-25-11-4-2-8(20(23)24)6-10(11)18-13(21)7-26-15(22)14-9(16)3-5-12(17)19-14/h2-6H,7H2,1H3,(H,18,21). The summed E-state index contributed by atoms with van der Waals surface area (Å²) in [5.41, 5.74) is -0.422. The molecule has 9 nitrogen and oxygen atoms in total. The van der Waals surface area contributed by atoms with Crippen molar-refractivity contribution < 1.29 is 24.0 Å². The van der Waals surface area contributed by atoms with E-state index in [-0.39, 0.29) is 33.0 Å². The van der Waals surface area contributed by atoms with Crippen LogP contribution in [0.2, 0.25) is 10.2 Å². The number of nitrogens with zero attached hydrogens (tertiary/aromatic N) is 2. The maximum absolute atomic E-state index is 12.0. The summed E-state index contributed by atoms with van der Waals surface area (Å²) >= 11 is 11.5. The molecule has 0 fully saturated rings. The summed E-state index contributed by atoms with van der Waals surface area (Å²) in [6.07, 6.45) is 0. The Bertz CT molecular complexity index is 874. The third-order valence-corrected chi connectivity index (χ3v) is 3.52. The first kappa shape index (κ1) is 19.4. The lowest BCUT2D eigenvalue weighted by Crippen LogP contribution is -2.22. The quantitative estimate of drug-likeness (QED) is 0.342. The number of carbonyl (C=O) groups excluding carboxylic acids is 2. The molecule has 1 heterocycles. The second-order valence-electron chi connectivity index (χ2n) is 4.73. The topological polar surface area (TPSA) is 121 Å². The van der Waals surface area contributed by atoms with Crippen LogP contribution in [0.4, 0.5) is 11.4 Å². The fourth-order valence-corrected chi connectivity index (χ4v) is 2.18. The number of amides is 1. The number of hydrogen-bond acceptors (Lipinski definition) is 7. The molecule has 0 unspecified atom stereocenters. The van der Waals surface area contributed by atoms with Crippen LogP contribution in [-0.2, 0) is 9.53 Å². The van der Waals surface area contributed by atoms with Gasteiger partial charge in [-0.2, -0.15) is 0 Å². The minimum atomic E-state index is -0.946. The molecule has 1 aromatic carbocycles. The van der Waals surface area contributed by atoms with E-state index < -0.39 is 23.4 Å². The van der Waals surface area contributed by atoms with Crippen LogP contribution in [0.1, 0.15) is 10.5 Å². The molecule has 0 radical (unpaired) electrons. The number of pyridine rings is 1. The van der Waals surface area contributed by atoms with Crippen molar-refractivity contribution in [3.63, 3.8) is 0 Å². The molecule has 136 valence electrons. The monoisotopic (exact) mass is 399 g/mol. The molecule has 0 aliphatic carbocycles. The molecule has 0 aliphatic heterocycles. The number of methoxy groups -OCH3 is 1. The number of non-ortho nitro benzene ring substituents is 1. The van der Waals surface area contributed by atoms with Crippen LogP contribution in [-0.4, -0.2) is 35.5 Å². The first-order chi connectivity index (χ1) is 12.3. The van der Waals surface area contributed by atoms with E-state index in [2.05, 4.69) is 10.3 Å². The molecule has 0 aliphatic rings. The summed E-state index contributed by atoms with van der Waals surface area (Å²) in [6, 6.07) is 6.42. The lowest BCUT2D eigenvalue weighted by Gasteiger charge is -2.10. The van der Waals surface area contributed by atoms with Crippen molar-refractivity contribution in [3.8, 4) is 5.75 Å². The molecule has 26 heavy (non-hydrogen) atoms. The van der Waals surface area contributed by atoms with E-state index in [1.165, 1.54) is 31.4 Å². The van der Waals surface area contributed by atoms with Gasteiger partial charge in [-0.05, 0) is 18.2 Å². The molecular weight excluding hydrogens is 389 g/mol. The van der Waals surface area contributed by atoms with Gasteiger partial charge in [0.15, 0.2) is 12.3 Å². The number of nitro groups is 1. The predicted octanol–water partition coefficient (Wildman–Crippen LogP) is 3.10. The zero-order valence-corrected chi connectivity index (χ0v) is 14.7. The second-order valence-corrected chi connectivity index (χ2v) is 5.52. The average molecular weight is 400 g/mol. The maximum atomic E-state index is 12.0. The molecule has 1 amide bonds. The first-order valence-electron chi connectivity index (χ1n) is 6.93. The van der Waals surface area contributed by atoms with Crippen LogP contribution in [0.5, 0.6) is 5.75 Å². The number of ether oxygens (including phenoxy) is 2. The second kappa shape index (κ2) is 8.45. The van der Waals surface area contributed by atoms with Gasteiger partial charge in [0.1, 0.15) is 10.9 Å². The van der Waals surface area contributed by atoms with Gasteiger partial charge in [-0.3, -0.25) is 14.9 Å². The Morgan fingerprint density at radius 2 is 2.00 bits per heavy atom. The highest BCUT2D eigenvalue weighted by atomic mass is 35.5. The van der Waals surface area contributed by atoms with Crippen molar-refractivity contribution in [2.45, 2.75) is 0 Å². The van der Waals surface area contributed by atoms with Crippen LogP contribution >= 0.6 is 23.2 Å². The van der Waals surface area contributed by atoms with Crippen molar-refractivity contribution in [2.24, 2.45) is 0 Å². The van der Waals surface area contributed by atoms with E-state index in [0.29, 0.717) is 0 Å². The molecule has 1 N–H and O–H groups in total. The lowest BCUT2D eigenvalue weighted by atomic mass is 10.2. The van der Waals surface area contributed by atoms with Gasteiger partial charge in [-0.1, -0.05) is 23.2 Å². The van der Waals surface area contributed by atoms with Gasteiger partial charge in [-0.25, -0.2) is 9.78 Å². The SMILES string of the molecule is COc1ccc([N+](=O)[O-])cc1NC(=O)COC(=O)c1nc(Cl)ccc1Cl. The van der Waals surface area contributed by atoms with Gasteiger partial charge in [0.25, 0.3) is 11.6 Å². The number of aromatic nitrogens is 1. The van der Waals surface area contributed by atoms with Crippen LogP contribution < -0.4 is 10.1 Å². The van der Waals surface area contributed by atoms with Gasteiger partial charge < -0.3 is 14.8 Å². The number of esters is 1. The van der Waals surface area contributed by atoms with Crippen molar-refractivity contribution in [1.82, 2.24) is 4.98 Å². The minimum Gasteiger partial charge on any atom is -0.495 e. The van der Waals surface area contributed by atoms with Gasteiger partial charge in [0, 0.05) is 12.1 Å². The van der Waals surface area contributed by atoms with E-state index >= 15 is 0 Å². The highest BCUT2D eigenvalue weighted by Gasteiger charge is 2.18.